The van der Waals surface area contributed by atoms with Crippen molar-refractivity contribution >= 4 is 5.91 Å². The number of nitrogens with one attached hydrogen (secondary N) is 1. The molecule has 0 aliphatic carbocycles. The molecule has 110 valence electrons. The first kappa shape index (κ1) is 15.2. The zero-order valence-corrected chi connectivity index (χ0v) is 11.9. The summed E-state index contributed by atoms with van der Waals surface area (Å²) >= 11 is 0. The predicted molar refractivity (Wildman–Crippen MR) is 81.1 cm³/mol. The number of amides is 1. The number of nitrogens with two attached hydrogens (primary N) is 1. The minimum atomic E-state index is -0.360. The molecule has 0 unspecified atom stereocenters. The Morgan fingerprint density at radius 3 is 2.43 bits per heavy atom. The molecule has 2 aromatic carbocycles. The summed E-state index contributed by atoms with van der Waals surface area (Å²) in [6.07, 6.45) is 0.235. The van der Waals surface area contributed by atoms with Crippen LogP contribution in [-0.2, 0) is 4.79 Å². The van der Waals surface area contributed by atoms with Gasteiger partial charge in [0.25, 0.3) is 0 Å². The van der Waals surface area contributed by atoms with Crippen molar-refractivity contribution in [1.82, 2.24) is 5.32 Å². The molecule has 0 aromatic heterocycles. The zero-order valence-electron chi connectivity index (χ0n) is 11.9. The largest absolute Gasteiger partial charge is 0.370 e. The molecule has 0 radical (unpaired) electrons. The highest BCUT2D eigenvalue weighted by Gasteiger charge is 2.17. The van der Waals surface area contributed by atoms with Gasteiger partial charge in [-0.1, -0.05) is 42.5 Å². The van der Waals surface area contributed by atoms with Crippen molar-refractivity contribution in [2.24, 2.45) is 5.73 Å². The Balaban J connectivity index is 2.29. The molecule has 0 aliphatic heterocycles. The number of carbonyl (C=O) groups excluding carboxylic acids is 1. The van der Waals surface area contributed by atoms with Gasteiger partial charge in [0.05, 0.1) is 6.04 Å². The van der Waals surface area contributed by atoms with Gasteiger partial charge in [-0.15, -0.1) is 0 Å². The summed E-state index contributed by atoms with van der Waals surface area (Å²) in [5.41, 5.74) is 7.06. The SMILES string of the molecule is C[C@H](CC(N)=O)N[C@@H](c1ccccc1)c1cccc(F)c1. The van der Waals surface area contributed by atoms with Gasteiger partial charge in [0.15, 0.2) is 0 Å². The number of carbonyl (C=O) groups is 1. The molecule has 21 heavy (non-hydrogen) atoms. The van der Waals surface area contributed by atoms with Crippen LogP contribution in [0.1, 0.15) is 30.5 Å². The third-order valence-corrected chi connectivity index (χ3v) is 3.27. The van der Waals surface area contributed by atoms with Crippen LogP contribution >= 0.6 is 0 Å². The fourth-order valence-electron chi connectivity index (χ4n) is 2.36. The van der Waals surface area contributed by atoms with Crippen molar-refractivity contribution in [3.8, 4) is 0 Å². The normalized spacial score (nSPS) is 13.6. The van der Waals surface area contributed by atoms with E-state index in [9.17, 15) is 9.18 Å². The molecule has 0 saturated carbocycles. The summed E-state index contributed by atoms with van der Waals surface area (Å²) in [6, 6.07) is 15.9. The second-order valence-corrected chi connectivity index (χ2v) is 5.14. The molecule has 2 rings (SSSR count). The quantitative estimate of drug-likeness (QED) is 0.858. The molecule has 4 heteroatoms. The third kappa shape index (κ3) is 4.39. The lowest BCUT2D eigenvalue weighted by Crippen LogP contribution is -2.34. The van der Waals surface area contributed by atoms with E-state index in [2.05, 4.69) is 5.32 Å². The van der Waals surface area contributed by atoms with Gasteiger partial charge in [0.2, 0.25) is 5.91 Å². The average molecular weight is 286 g/mol. The minimum Gasteiger partial charge on any atom is -0.370 e. The van der Waals surface area contributed by atoms with Crippen LogP contribution in [0.4, 0.5) is 4.39 Å². The van der Waals surface area contributed by atoms with Crippen LogP contribution in [0.15, 0.2) is 54.6 Å². The summed E-state index contributed by atoms with van der Waals surface area (Å²) in [5, 5.41) is 3.34. The van der Waals surface area contributed by atoms with E-state index in [4.69, 9.17) is 5.73 Å². The van der Waals surface area contributed by atoms with Gasteiger partial charge in [-0.2, -0.15) is 0 Å². The van der Waals surface area contributed by atoms with Crippen LogP contribution < -0.4 is 11.1 Å². The van der Waals surface area contributed by atoms with Crippen LogP contribution in [0.25, 0.3) is 0 Å². The Hall–Kier alpha value is -2.20. The van der Waals surface area contributed by atoms with Crippen molar-refractivity contribution in [2.75, 3.05) is 0 Å². The lowest BCUT2D eigenvalue weighted by molar-refractivity contribution is -0.118. The number of hydrogen-bond donors (Lipinski definition) is 2. The molecule has 0 aliphatic rings. The van der Waals surface area contributed by atoms with Crippen molar-refractivity contribution in [1.29, 1.82) is 0 Å². The van der Waals surface area contributed by atoms with Gasteiger partial charge in [-0.25, -0.2) is 4.39 Å². The summed E-state index contributed by atoms with van der Waals surface area (Å²) in [6.45, 7) is 1.89. The first-order chi connectivity index (χ1) is 10.1. The predicted octanol–water partition coefficient (Wildman–Crippen LogP) is 2.77. The Morgan fingerprint density at radius 1 is 1.14 bits per heavy atom. The first-order valence-electron chi connectivity index (χ1n) is 6.91. The van der Waals surface area contributed by atoms with E-state index in [1.54, 1.807) is 6.07 Å². The molecule has 0 fully saturated rings. The van der Waals surface area contributed by atoms with Crippen molar-refractivity contribution in [2.45, 2.75) is 25.4 Å². The lowest BCUT2D eigenvalue weighted by atomic mass is 9.97. The Morgan fingerprint density at radius 2 is 1.81 bits per heavy atom. The van der Waals surface area contributed by atoms with Crippen molar-refractivity contribution in [3.05, 3.63) is 71.5 Å². The fraction of sp³-hybridized carbons (Fsp3) is 0.235. The summed E-state index contributed by atoms with van der Waals surface area (Å²) < 4.78 is 13.5. The molecular weight excluding hydrogens is 267 g/mol. The van der Waals surface area contributed by atoms with Gasteiger partial charge >= 0.3 is 0 Å². The van der Waals surface area contributed by atoms with E-state index in [-0.39, 0.29) is 30.2 Å². The molecule has 2 atom stereocenters. The molecule has 0 spiro atoms. The molecular formula is C17H19FN2O. The highest BCUT2D eigenvalue weighted by Crippen LogP contribution is 2.23. The van der Waals surface area contributed by atoms with Crippen LogP contribution in [0, 0.1) is 5.82 Å². The number of halogens is 1. The second kappa shape index (κ2) is 6.99. The van der Waals surface area contributed by atoms with Crippen LogP contribution in [0.5, 0.6) is 0 Å². The maximum atomic E-state index is 13.5. The third-order valence-electron chi connectivity index (χ3n) is 3.27. The molecule has 3 N–H and O–H groups in total. The molecule has 3 nitrogen and oxygen atoms in total. The van der Waals surface area contributed by atoms with Crippen LogP contribution in [-0.4, -0.2) is 11.9 Å². The summed E-state index contributed by atoms with van der Waals surface area (Å²) in [7, 11) is 0. The van der Waals surface area contributed by atoms with Gasteiger partial charge in [0, 0.05) is 12.5 Å². The molecule has 0 heterocycles. The summed E-state index contributed by atoms with van der Waals surface area (Å²) in [4.78, 5) is 11.0. The number of benzene rings is 2. The minimum absolute atomic E-state index is 0.101. The molecule has 1 amide bonds. The highest BCUT2D eigenvalue weighted by molar-refractivity contribution is 5.74. The van der Waals surface area contributed by atoms with E-state index in [0.29, 0.717) is 0 Å². The second-order valence-electron chi connectivity index (χ2n) is 5.14. The zero-order chi connectivity index (χ0) is 15.2. The molecule has 0 bridgehead atoms. The highest BCUT2D eigenvalue weighted by atomic mass is 19.1. The van der Waals surface area contributed by atoms with Gasteiger partial charge in [-0.3, -0.25) is 4.79 Å². The lowest BCUT2D eigenvalue weighted by Gasteiger charge is -2.24. The standard InChI is InChI=1S/C17H19FN2O/c1-12(10-16(19)21)20-17(13-6-3-2-4-7-13)14-8-5-9-15(18)11-14/h2-9,11-12,17,20H,10H2,1H3,(H2,19,21)/t12-,17+/m1/s1. The average Bonchev–Trinajstić information content (AvgIpc) is 2.45. The first-order valence-corrected chi connectivity index (χ1v) is 6.91. The van der Waals surface area contributed by atoms with Crippen molar-refractivity contribution < 1.29 is 9.18 Å². The van der Waals surface area contributed by atoms with Gasteiger partial charge in [0.1, 0.15) is 5.82 Å². The smallest absolute Gasteiger partial charge is 0.218 e. The van der Waals surface area contributed by atoms with Crippen molar-refractivity contribution in [3.63, 3.8) is 0 Å². The van der Waals surface area contributed by atoms with Gasteiger partial charge in [-0.05, 0) is 30.2 Å². The van der Waals surface area contributed by atoms with E-state index < -0.39 is 0 Å². The topological polar surface area (TPSA) is 55.1 Å². The number of primary amides is 1. The monoisotopic (exact) mass is 286 g/mol. The molecule has 0 saturated heterocycles. The van der Waals surface area contributed by atoms with E-state index >= 15 is 0 Å². The maximum Gasteiger partial charge on any atom is 0.218 e. The van der Waals surface area contributed by atoms with Crippen LogP contribution in [0.3, 0.4) is 0 Å². The van der Waals surface area contributed by atoms with Crippen LogP contribution in [0.2, 0.25) is 0 Å². The Bertz CT molecular complexity index is 601. The Kier molecular flexibility index (Phi) is 5.06. The fourth-order valence-corrected chi connectivity index (χ4v) is 2.36. The van der Waals surface area contributed by atoms with E-state index in [1.165, 1.54) is 12.1 Å². The number of rotatable bonds is 6. The van der Waals surface area contributed by atoms with E-state index in [0.717, 1.165) is 11.1 Å². The van der Waals surface area contributed by atoms with Gasteiger partial charge < -0.3 is 11.1 Å². The maximum absolute atomic E-state index is 13.5. The van der Waals surface area contributed by atoms with E-state index in [1.807, 2.05) is 43.3 Å². The molecule has 2 aromatic rings. The Labute approximate surface area is 124 Å². The number of hydrogen-bond acceptors (Lipinski definition) is 2. The summed E-state index contributed by atoms with van der Waals surface area (Å²) in [5.74, 6) is -0.640.